The lowest BCUT2D eigenvalue weighted by atomic mass is 10.2. The van der Waals surface area contributed by atoms with E-state index in [2.05, 4.69) is 10.6 Å². The van der Waals surface area contributed by atoms with Crippen LogP contribution >= 0.6 is 23.2 Å². The average Bonchev–Trinajstić information content (AvgIpc) is 3.00. The summed E-state index contributed by atoms with van der Waals surface area (Å²) in [5.74, 6) is 0.832. The Labute approximate surface area is 149 Å². The maximum absolute atomic E-state index is 12.0. The number of anilines is 2. The summed E-state index contributed by atoms with van der Waals surface area (Å²) in [6.45, 7) is 1.98. The Morgan fingerprint density at radius 3 is 2.46 bits per heavy atom. The molecular formula is C18H14Cl2N2O2. The molecule has 3 aromatic rings. The van der Waals surface area contributed by atoms with E-state index >= 15 is 0 Å². The standard InChI is InChI=1S/C18H14Cl2N2O2/c1-11-2-5-13(6-3-11)21-18(23)22-17-9-8-16(24-17)14-10-12(19)4-7-15(14)20/h2-10H,1H3,(H2,21,22,23). The third kappa shape index (κ3) is 3.91. The predicted octanol–water partition coefficient (Wildman–Crippen LogP) is 6.21. The van der Waals surface area contributed by atoms with Crippen LogP contribution in [0.5, 0.6) is 0 Å². The number of benzene rings is 2. The van der Waals surface area contributed by atoms with E-state index in [1.165, 1.54) is 0 Å². The lowest BCUT2D eigenvalue weighted by molar-refractivity contribution is 0.261. The van der Waals surface area contributed by atoms with E-state index in [0.717, 1.165) is 5.56 Å². The molecule has 2 aromatic carbocycles. The molecule has 2 N–H and O–H groups in total. The van der Waals surface area contributed by atoms with Gasteiger partial charge in [0.15, 0.2) is 0 Å². The van der Waals surface area contributed by atoms with Gasteiger partial charge in [-0.3, -0.25) is 5.32 Å². The van der Waals surface area contributed by atoms with Gasteiger partial charge in [0.05, 0.1) is 5.02 Å². The molecule has 3 rings (SSSR count). The van der Waals surface area contributed by atoms with Crippen LogP contribution in [0.3, 0.4) is 0 Å². The normalized spacial score (nSPS) is 10.5. The zero-order chi connectivity index (χ0) is 17.1. The van der Waals surface area contributed by atoms with E-state index < -0.39 is 6.03 Å². The first kappa shape index (κ1) is 16.4. The van der Waals surface area contributed by atoms with Crippen molar-refractivity contribution in [2.45, 2.75) is 6.92 Å². The zero-order valence-corrected chi connectivity index (χ0v) is 14.3. The van der Waals surface area contributed by atoms with Crippen LogP contribution in [0.25, 0.3) is 11.3 Å². The lowest BCUT2D eigenvalue weighted by Crippen LogP contribution is -2.18. The first-order valence-corrected chi connectivity index (χ1v) is 7.97. The Morgan fingerprint density at radius 1 is 0.958 bits per heavy atom. The number of hydrogen-bond acceptors (Lipinski definition) is 2. The molecule has 122 valence electrons. The fraction of sp³-hybridized carbons (Fsp3) is 0.0556. The maximum atomic E-state index is 12.0. The average molecular weight is 361 g/mol. The molecule has 0 atom stereocenters. The Kier molecular flexibility index (Phi) is 4.79. The van der Waals surface area contributed by atoms with Gasteiger partial charge < -0.3 is 9.73 Å². The number of rotatable bonds is 3. The third-order valence-corrected chi connectivity index (χ3v) is 3.91. The summed E-state index contributed by atoms with van der Waals surface area (Å²) in [4.78, 5) is 12.0. The van der Waals surface area contributed by atoms with Crippen molar-refractivity contribution in [1.29, 1.82) is 0 Å². The minimum Gasteiger partial charge on any atom is -0.440 e. The lowest BCUT2D eigenvalue weighted by Gasteiger charge is -2.06. The SMILES string of the molecule is Cc1ccc(NC(=O)Nc2ccc(-c3cc(Cl)ccc3Cl)o2)cc1. The van der Waals surface area contributed by atoms with Crippen LogP contribution in [-0.2, 0) is 0 Å². The van der Waals surface area contributed by atoms with Gasteiger partial charge in [0.2, 0.25) is 5.88 Å². The molecular weight excluding hydrogens is 347 g/mol. The number of aryl methyl sites for hydroxylation is 1. The van der Waals surface area contributed by atoms with Gasteiger partial charge in [-0.25, -0.2) is 4.79 Å². The zero-order valence-electron chi connectivity index (χ0n) is 12.8. The van der Waals surface area contributed by atoms with E-state index in [0.29, 0.717) is 32.9 Å². The largest absolute Gasteiger partial charge is 0.440 e. The number of nitrogens with one attached hydrogen (secondary N) is 2. The number of hydrogen-bond donors (Lipinski definition) is 2. The van der Waals surface area contributed by atoms with Crippen molar-refractivity contribution in [3.63, 3.8) is 0 Å². The van der Waals surface area contributed by atoms with E-state index in [9.17, 15) is 4.79 Å². The van der Waals surface area contributed by atoms with E-state index in [-0.39, 0.29) is 0 Å². The number of furan rings is 1. The van der Waals surface area contributed by atoms with Gasteiger partial charge in [0.1, 0.15) is 5.76 Å². The van der Waals surface area contributed by atoms with E-state index in [1.54, 1.807) is 30.3 Å². The van der Waals surface area contributed by atoms with Crippen molar-refractivity contribution in [1.82, 2.24) is 0 Å². The molecule has 0 fully saturated rings. The van der Waals surface area contributed by atoms with Crippen LogP contribution in [0, 0.1) is 6.92 Å². The van der Waals surface area contributed by atoms with Gasteiger partial charge in [-0.2, -0.15) is 0 Å². The summed E-state index contributed by atoms with van der Waals surface area (Å²) in [7, 11) is 0. The van der Waals surface area contributed by atoms with Gasteiger partial charge in [-0.15, -0.1) is 0 Å². The summed E-state index contributed by atoms with van der Waals surface area (Å²) < 4.78 is 5.62. The van der Waals surface area contributed by atoms with Crippen LogP contribution in [0.2, 0.25) is 10.0 Å². The molecule has 0 aliphatic heterocycles. The Bertz CT molecular complexity index is 873. The molecule has 4 nitrogen and oxygen atoms in total. The first-order valence-electron chi connectivity index (χ1n) is 7.21. The minimum absolute atomic E-state index is 0.311. The summed E-state index contributed by atoms with van der Waals surface area (Å²) in [5, 5.41) is 6.44. The maximum Gasteiger partial charge on any atom is 0.326 e. The number of urea groups is 1. The number of carbonyl (C=O) groups is 1. The quantitative estimate of drug-likeness (QED) is 0.583. The van der Waals surface area contributed by atoms with Gasteiger partial charge in [-0.05, 0) is 43.3 Å². The van der Waals surface area contributed by atoms with Crippen LogP contribution < -0.4 is 10.6 Å². The minimum atomic E-state index is -0.392. The van der Waals surface area contributed by atoms with E-state index in [4.69, 9.17) is 27.6 Å². The monoisotopic (exact) mass is 360 g/mol. The topological polar surface area (TPSA) is 54.3 Å². The van der Waals surface area contributed by atoms with Crippen molar-refractivity contribution in [3.05, 3.63) is 70.2 Å². The highest BCUT2D eigenvalue weighted by Crippen LogP contribution is 2.33. The van der Waals surface area contributed by atoms with Gasteiger partial charge in [0.25, 0.3) is 0 Å². The van der Waals surface area contributed by atoms with Crippen molar-refractivity contribution < 1.29 is 9.21 Å². The summed E-state index contributed by atoms with van der Waals surface area (Å²) in [6, 6.07) is 15.6. The molecule has 0 saturated carbocycles. The first-order chi connectivity index (χ1) is 11.5. The molecule has 0 aliphatic rings. The Morgan fingerprint density at radius 2 is 1.71 bits per heavy atom. The Hall–Kier alpha value is -2.43. The van der Waals surface area contributed by atoms with Crippen LogP contribution in [0.15, 0.2) is 59.0 Å². The molecule has 1 aromatic heterocycles. The van der Waals surface area contributed by atoms with Crippen LogP contribution in [-0.4, -0.2) is 6.03 Å². The number of amides is 2. The van der Waals surface area contributed by atoms with Crippen molar-refractivity contribution in [2.24, 2.45) is 0 Å². The molecule has 0 bridgehead atoms. The molecule has 24 heavy (non-hydrogen) atoms. The highest BCUT2D eigenvalue weighted by molar-refractivity contribution is 6.35. The molecule has 0 spiro atoms. The second-order valence-corrected chi connectivity index (χ2v) is 6.08. The molecule has 0 radical (unpaired) electrons. The number of halogens is 2. The van der Waals surface area contributed by atoms with Crippen LogP contribution in [0.4, 0.5) is 16.4 Å². The van der Waals surface area contributed by atoms with Gasteiger partial charge >= 0.3 is 6.03 Å². The van der Waals surface area contributed by atoms with Crippen molar-refractivity contribution in [3.8, 4) is 11.3 Å². The van der Waals surface area contributed by atoms with Gasteiger partial charge in [0, 0.05) is 22.3 Å². The predicted molar refractivity (Wildman–Crippen MR) is 98.0 cm³/mol. The smallest absolute Gasteiger partial charge is 0.326 e. The Balaban J connectivity index is 1.70. The molecule has 0 aliphatic carbocycles. The molecule has 1 heterocycles. The summed E-state index contributed by atoms with van der Waals surface area (Å²) in [5.41, 5.74) is 2.48. The fourth-order valence-electron chi connectivity index (χ4n) is 2.15. The second-order valence-electron chi connectivity index (χ2n) is 5.23. The second kappa shape index (κ2) is 6.99. The van der Waals surface area contributed by atoms with Gasteiger partial charge in [-0.1, -0.05) is 40.9 Å². The highest BCUT2D eigenvalue weighted by Gasteiger charge is 2.11. The molecule has 0 saturated heterocycles. The van der Waals surface area contributed by atoms with E-state index in [1.807, 2.05) is 31.2 Å². The molecule has 6 heteroatoms. The highest BCUT2D eigenvalue weighted by atomic mass is 35.5. The van der Waals surface area contributed by atoms with Crippen molar-refractivity contribution >= 4 is 40.8 Å². The fourth-order valence-corrected chi connectivity index (χ4v) is 2.53. The summed E-state index contributed by atoms with van der Waals surface area (Å²) >= 11 is 12.1. The third-order valence-electron chi connectivity index (χ3n) is 3.35. The number of carbonyl (C=O) groups excluding carboxylic acids is 1. The summed E-state index contributed by atoms with van der Waals surface area (Å²) in [6.07, 6.45) is 0. The molecule has 2 amide bonds. The van der Waals surface area contributed by atoms with Crippen LogP contribution in [0.1, 0.15) is 5.56 Å². The molecule has 0 unspecified atom stereocenters. The van der Waals surface area contributed by atoms with Crippen molar-refractivity contribution in [2.75, 3.05) is 10.6 Å².